The maximum Gasteiger partial charge on any atom is 0.409 e. The molecule has 0 aromatic heterocycles. The van der Waals surface area contributed by atoms with E-state index in [4.69, 9.17) is 15.2 Å². The van der Waals surface area contributed by atoms with Gasteiger partial charge in [0.15, 0.2) is 0 Å². The molecule has 1 saturated carbocycles. The fraction of sp³-hybridized carbons (Fsp3) is 0.619. The molecule has 2 fully saturated rings. The van der Waals surface area contributed by atoms with Crippen LogP contribution in [0.25, 0.3) is 0 Å². The van der Waals surface area contributed by atoms with Crippen molar-refractivity contribution in [2.24, 2.45) is 5.73 Å². The molecule has 1 aliphatic heterocycles. The van der Waals surface area contributed by atoms with Crippen molar-refractivity contribution in [1.82, 2.24) is 4.90 Å². The van der Waals surface area contributed by atoms with E-state index in [2.05, 4.69) is 12.1 Å². The van der Waals surface area contributed by atoms with Gasteiger partial charge in [0.2, 0.25) is 0 Å². The average molecular weight is 371 g/mol. The van der Waals surface area contributed by atoms with Gasteiger partial charge in [-0.3, -0.25) is 0 Å². The number of carbonyl (C=O) groups is 1. The molecule has 1 aromatic carbocycles. The zero-order valence-electron chi connectivity index (χ0n) is 16.0. The zero-order chi connectivity index (χ0) is 19.2. The highest BCUT2D eigenvalue weighted by Crippen LogP contribution is 2.35. The largest absolute Gasteiger partial charge is 0.453 e. The molecule has 27 heavy (non-hydrogen) atoms. The van der Waals surface area contributed by atoms with Crippen LogP contribution in [0.2, 0.25) is 0 Å². The van der Waals surface area contributed by atoms with Crippen molar-refractivity contribution in [3.8, 4) is 6.07 Å². The SMILES string of the molecule is COC(=O)N1CCC[C@H](N)[C@@H]1CO[C@H]1CC[C@@H](c2ccccc2C#N)CC1. The molecule has 1 amide bonds. The highest BCUT2D eigenvalue weighted by Gasteiger charge is 2.34. The molecule has 3 rings (SSSR count). The maximum absolute atomic E-state index is 12.0. The number of hydrogen-bond acceptors (Lipinski definition) is 5. The number of nitrogens with two attached hydrogens (primary N) is 1. The molecule has 2 N–H and O–H groups in total. The number of amides is 1. The van der Waals surface area contributed by atoms with E-state index in [-0.39, 0.29) is 24.3 Å². The number of nitrogens with zero attached hydrogens (tertiary/aromatic N) is 2. The predicted molar refractivity (Wildman–Crippen MR) is 102 cm³/mol. The first-order valence-corrected chi connectivity index (χ1v) is 9.84. The summed E-state index contributed by atoms with van der Waals surface area (Å²) in [6.07, 6.45) is 5.62. The van der Waals surface area contributed by atoms with Gasteiger partial charge in [-0.25, -0.2) is 4.79 Å². The second kappa shape index (κ2) is 9.20. The normalized spacial score (nSPS) is 28.4. The van der Waals surface area contributed by atoms with Crippen molar-refractivity contribution in [2.75, 3.05) is 20.3 Å². The summed E-state index contributed by atoms with van der Waals surface area (Å²) in [6, 6.07) is 9.99. The lowest BCUT2D eigenvalue weighted by Crippen LogP contribution is -2.56. The third-order valence-electron chi connectivity index (χ3n) is 5.94. The first-order valence-electron chi connectivity index (χ1n) is 9.84. The van der Waals surface area contributed by atoms with Crippen LogP contribution < -0.4 is 5.73 Å². The van der Waals surface area contributed by atoms with Crippen LogP contribution in [0.5, 0.6) is 0 Å². The summed E-state index contributed by atoms with van der Waals surface area (Å²) in [5, 5.41) is 9.32. The van der Waals surface area contributed by atoms with Gasteiger partial charge < -0.3 is 20.1 Å². The van der Waals surface area contributed by atoms with E-state index in [0.717, 1.165) is 49.7 Å². The number of likely N-dealkylation sites (tertiary alicyclic amines) is 1. The molecule has 6 nitrogen and oxygen atoms in total. The fourth-order valence-corrected chi connectivity index (χ4v) is 4.37. The Hall–Kier alpha value is -2.10. The molecule has 1 aliphatic carbocycles. The van der Waals surface area contributed by atoms with E-state index < -0.39 is 0 Å². The summed E-state index contributed by atoms with van der Waals surface area (Å²) in [6.45, 7) is 1.13. The fourth-order valence-electron chi connectivity index (χ4n) is 4.37. The van der Waals surface area contributed by atoms with E-state index in [9.17, 15) is 10.1 Å². The summed E-state index contributed by atoms with van der Waals surface area (Å²) < 4.78 is 11.1. The van der Waals surface area contributed by atoms with Crippen LogP contribution in [0.15, 0.2) is 24.3 Å². The first-order chi connectivity index (χ1) is 13.1. The topological polar surface area (TPSA) is 88.6 Å². The molecule has 1 saturated heterocycles. The minimum atomic E-state index is -0.324. The minimum Gasteiger partial charge on any atom is -0.453 e. The number of carbonyl (C=O) groups excluding carboxylic acids is 1. The van der Waals surface area contributed by atoms with Crippen molar-refractivity contribution in [3.63, 3.8) is 0 Å². The van der Waals surface area contributed by atoms with Crippen molar-refractivity contribution in [2.45, 2.75) is 62.6 Å². The molecule has 0 spiro atoms. The van der Waals surface area contributed by atoms with E-state index in [1.54, 1.807) is 4.90 Å². The summed E-state index contributed by atoms with van der Waals surface area (Å²) in [5.74, 6) is 0.421. The maximum atomic E-state index is 12.0. The van der Waals surface area contributed by atoms with E-state index in [1.165, 1.54) is 7.11 Å². The molecule has 2 atom stereocenters. The molecule has 1 heterocycles. The molecule has 0 bridgehead atoms. The Balaban J connectivity index is 1.53. The predicted octanol–water partition coefficient (Wildman–Crippen LogP) is 3.16. The van der Waals surface area contributed by atoms with Crippen LogP contribution in [0.1, 0.15) is 55.6 Å². The van der Waals surface area contributed by atoms with E-state index in [0.29, 0.717) is 19.1 Å². The Kier molecular flexibility index (Phi) is 6.70. The second-order valence-electron chi connectivity index (χ2n) is 7.54. The van der Waals surface area contributed by atoms with E-state index in [1.807, 2.05) is 18.2 Å². The van der Waals surface area contributed by atoms with Crippen molar-refractivity contribution in [3.05, 3.63) is 35.4 Å². The molecule has 2 aliphatic rings. The second-order valence-corrected chi connectivity index (χ2v) is 7.54. The number of methoxy groups -OCH3 is 1. The van der Waals surface area contributed by atoms with Crippen molar-refractivity contribution >= 4 is 6.09 Å². The van der Waals surface area contributed by atoms with Crippen LogP contribution >= 0.6 is 0 Å². The molecule has 0 radical (unpaired) electrons. The monoisotopic (exact) mass is 371 g/mol. The van der Waals surface area contributed by atoms with Gasteiger partial charge in [0.25, 0.3) is 0 Å². The Morgan fingerprint density at radius 1 is 1.26 bits per heavy atom. The molecular weight excluding hydrogens is 342 g/mol. The standard InChI is InChI=1S/C21H29N3O3/c1-26-21(25)24-12-4-7-19(23)20(24)14-27-17-10-8-15(9-11-17)18-6-3-2-5-16(18)13-22/h2-3,5-6,15,17,19-20H,4,7-12,14,23H2,1H3/t15-,17+,19-,20-/m0/s1. The van der Waals surface area contributed by atoms with Crippen LogP contribution in [0.3, 0.4) is 0 Å². The highest BCUT2D eigenvalue weighted by atomic mass is 16.5. The van der Waals surface area contributed by atoms with Crippen molar-refractivity contribution in [1.29, 1.82) is 5.26 Å². The number of nitriles is 1. The number of piperidine rings is 1. The van der Waals surface area contributed by atoms with Gasteiger partial charge in [-0.1, -0.05) is 18.2 Å². The van der Waals surface area contributed by atoms with Crippen molar-refractivity contribution < 1.29 is 14.3 Å². The summed E-state index contributed by atoms with van der Waals surface area (Å²) in [4.78, 5) is 13.7. The number of hydrogen-bond donors (Lipinski definition) is 1. The Morgan fingerprint density at radius 3 is 2.70 bits per heavy atom. The minimum absolute atomic E-state index is 0.0725. The Bertz CT molecular complexity index is 679. The van der Waals surface area contributed by atoms with Crippen LogP contribution in [0.4, 0.5) is 4.79 Å². The third-order valence-corrected chi connectivity index (χ3v) is 5.94. The molecular formula is C21H29N3O3. The quantitative estimate of drug-likeness (QED) is 0.878. The average Bonchev–Trinajstić information content (AvgIpc) is 2.72. The summed E-state index contributed by atoms with van der Waals surface area (Å²) in [5.41, 5.74) is 8.19. The van der Waals surface area contributed by atoms with Gasteiger partial charge in [-0.15, -0.1) is 0 Å². The van der Waals surface area contributed by atoms with Crippen LogP contribution in [-0.4, -0.2) is 49.4 Å². The third kappa shape index (κ3) is 4.60. The van der Waals surface area contributed by atoms with Gasteiger partial charge in [-0.05, 0) is 56.1 Å². The number of rotatable bonds is 4. The lowest BCUT2D eigenvalue weighted by atomic mass is 9.81. The Morgan fingerprint density at radius 2 is 2.00 bits per heavy atom. The summed E-state index contributed by atoms with van der Waals surface area (Å²) >= 11 is 0. The number of ether oxygens (including phenoxy) is 2. The lowest BCUT2D eigenvalue weighted by Gasteiger charge is -2.39. The van der Waals surface area contributed by atoms with Crippen LogP contribution in [0, 0.1) is 11.3 Å². The first kappa shape index (κ1) is 19.7. The molecule has 0 unspecified atom stereocenters. The van der Waals surface area contributed by atoms with Gasteiger partial charge in [-0.2, -0.15) is 5.26 Å². The number of benzene rings is 1. The van der Waals surface area contributed by atoms with Gasteiger partial charge in [0.05, 0.1) is 37.5 Å². The smallest absolute Gasteiger partial charge is 0.409 e. The lowest BCUT2D eigenvalue weighted by molar-refractivity contribution is -0.0229. The van der Waals surface area contributed by atoms with Gasteiger partial charge >= 0.3 is 6.09 Å². The summed E-state index contributed by atoms with van der Waals surface area (Å²) in [7, 11) is 1.40. The van der Waals surface area contributed by atoms with Crippen LogP contribution in [-0.2, 0) is 9.47 Å². The molecule has 6 heteroatoms. The molecule has 1 aromatic rings. The van der Waals surface area contributed by atoms with Gasteiger partial charge in [0.1, 0.15) is 0 Å². The Labute approximate surface area is 161 Å². The van der Waals surface area contributed by atoms with E-state index >= 15 is 0 Å². The van der Waals surface area contributed by atoms with Gasteiger partial charge in [0, 0.05) is 12.6 Å². The zero-order valence-corrected chi connectivity index (χ0v) is 16.0. The molecule has 146 valence electrons. The highest BCUT2D eigenvalue weighted by molar-refractivity contribution is 5.68.